The second kappa shape index (κ2) is 7.92. The first kappa shape index (κ1) is 17.7. The highest BCUT2D eigenvalue weighted by atomic mass is 16.5. The molecule has 0 unspecified atom stereocenters. The second-order valence-corrected chi connectivity index (χ2v) is 6.55. The molecule has 0 aliphatic carbocycles. The van der Waals surface area contributed by atoms with Gasteiger partial charge < -0.3 is 10.1 Å². The Labute approximate surface area is 162 Å². The van der Waals surface area contributed by atoms with Crippen LogP contribution in [-0.4, -0.2) is 21.1 Å². The van der Waals surface area contributed by atoms with Crippen LogP contribution in [0.25, 0.3) is 10.9 Å². The van der Waals surface area contributed by atoms with Gasteiger partial charge in [-0.15, -0.1) is 0 Å². The van der Waals surface area contributed by atoms with Gasteiger partial charge in [0.15, 0.2) is 5.69 Å². The second-order valence-electron chi connectivity index (χ2n) is 6.55. The average molecular weight is 372 g/mol. The van der Waals surface area contributed by atoms with Crippen molar-refractivity contribution in [3.8, 4) is 5.88 Å². The van der Waals surface area contributed by atoms with Crippen LogP contribution in [0.4, 0.5) is 0 Å². The van der Waals surface area contributed by atoms with E-state index in [9.17, 15) is 4.79 Å². The summed E-state index contributed by atoms with van der Waals surface area (Å²) >= 11 is 0. The van der Waals surface area contributed by atoms with Gasteiger partial charge >= 0.3 is 0 Å². The third-order valence-corrected chi connectivity index (χ3v) is 4.44. The summed E-state index contributed by atoms with van der Waals surface area (Å²) in [5.74, 6) is 0.268. The Hall–Kier alpha value is -3.67. The highest BCUT2D eigenvalue weighted by molar-refractivity contribution is 6.04. The summed E-state index contributed by atoms with van der Waals surface area (Å²) < 4.78 is 5.85. The highest BCUT2D eigenvalue weighted by Gasteiger charge is 2.15. The van der Waals surface area contributed by atoms with Crippen molar-refractivity contribution in [2.24, 2.45) is 0 Å². The molecular weight excluding hydrogens is 352 g/mol. The number of ether oxygens (including phenoxy) is 1. The van der Waals surface area contributed by atoms with E-state index in [1.165, 1.54) is 0 Å². The fourth-order valence-electron chi connectivity index (χ4n) is 2.97. The van der Waals surface area contributed by atoms with Crippen molar-refractivity contribution in [3.05, 3.63) is 89.2 Å². The van der Waals surface area contributed by atoms with Crippen molar-refractivity contribution in [1.82, 2.24) is 20.5 Å². The lowest BCUT2D eigenvalue weighted by atomic mass is 10.1. The largest absolute Gasteiger partial charge is 0.473 e. The molecule has 28 heavy (non-hydrogen) atoms. The van der Waals surface area contributed by atoms with E-state index in [0.29, 0.717) is 24.7 Å². The molecule has 0 spiro atoms. The number of H-pyrrole nitrogens is 1. The number of carbonyl (C=O) groups excluding carboxylic acids is 1. The lowest BCUT2D eigenvalue weighted by Crippen LogP contribution is -2.24. The van der Waals surface area contributed by atoms with Gasteiger partial charge in [-0.05, 0) is 30.7 Å². The predicted octanol–water partition coefficient (Wildman–Crippen LogP) is 3.78. The van der Waals surface area contributed by atoms with E-state index in [1.54, 1.807) is 6.20 Å². The Bertz CT molecular complexity index is 1110. The summed E-state index contributed by atoms with van der Waals surface area (Å²) in [4.78, 5) is 16.9. The number of rotatable bonds is 6. The lowest BCUT2D eigenvalue weighted by Gasteiger charge is -2.11. The first-order valence-corrected chi connectivity index (χ1v) is 9.04. The van der Waals surface area contributed by atoms with Crippen LogP contribution in [0.2, 0.25) is 0 Å². The van der Waals surface area contributed by atoms with Crippen molar-refractivity contribution in [2.75, 3.05) is 0 Å². The average Bonchev–Trinajstić information content (AvgIpc) is 3.15. The smallest absolute Gasteiger partial charge is 0.272 e. The molecule has 0 radical (unpaired) electrons. The fourth-order valence-corrected chi connectivity index (χ4v) is 2.97. The van der Waals surface area contributed by atoms with E-state index in [4.69, 9.17) is 4.74 Å². The van der Waals surface area contributed by atoms with Crippen LogP contribution in [0.15, 0.2) is 66.9 Å². The van der Waals surface area contributed by atoms with Crippen LogP contribution < -0.4 is 10.1 Å². The summed E-state index contributed by atoms with van der Waals surface area (Å²) in [5, 5.41) is 10.8. The molecule has 0 saturated carbocycles. The molecule has 6 nitrogen and oxygen atoms in total. The number of aryl methyl sites for hydroxylation is 1. The van der Waals surface area contributed by atoms with Crippen molar-refractivity contribution in [1.29, 1.82) is 0 Å². The van der Waals surface area contributed by atoms with E-state index < -0.39 is 0 Å². The standard InChI is InChI=1S/C22H20N4O2/c1-15-9-10-19-18(12-15)20(26-25-19)21(27)24-13-17-8-5-11-23-22(17)28-14-16-6-3-2-4-7-16/h2-12H,13-14H2,1H3,(H,24,27)(H,25,26). The number of nitrogens with zero attached hydrogens (tertiary/aromatic N) is 2. The van der Waals surface area contributed by atoms with Gasteiger partial charge in [0.2, 0.25) is 5.88 Å². The monoisotopic (exact) mass is 372 g/mol. The molecule has 4 rings (SSSR count). The van der Waals surface area contributed by atoms with E-state index in [1.807, 2.05) is 67.6 Å². The van der Waals surface area contributed by atoms with Crippen LogP contribution in [0.1, 0.15) is 27.2 Å². The molecule has 2 N–H and O–H groups in total. The molecule has 0 bridgehead atoms. The minimum Gasteiger partial charge on any atom is -0.473 e. The number of aromatic nitrogens is 3. The number of hydrogen-bond acceptors (Lipinski definition) is 4. The van der Waals surface area contributed by atoms with Crippen molar-refractivity contribution in [2.45, 2.75) is 20.1 Å². The van der Waals surface area contributed by atoms with Crippen LogP contribution in [0, 0.1) is 6.92 Å². The summed E-state index contributed by atoms with van der Waals surface area (Å²) in [6.07, 6.45) is 1.68. The number of benzene rings is 2. The zero-order valence-electron chi connectivity index (χ0n) is 15.5. The Kier molecular flexibility index (Phi) is 5.01. The number of nitrogens with one attached hydrogen (secondary N) is 2. The van der Waals surface area contributed by atoms with E-state index in [0.717, 1.165) is 27.6 Å². The molecule has 2 aromatic heterocycles. The Morgan fingerprint density at radius 3 is 2.82 bits per heavy atom. The van der Waals surface area contributed by atoms with Crippen molar-refractivity contribution in [3.63, 3.8) is 0 Å². The normalized spacial score (nSPS) is 10.8. The van der Waals surface area contributed by atoms with Crippen molar-refractivity contribution < 1.29 is 9.53 Å². The quantitative estimate of drug-likeness (QED) is 0.540. The van der Waals surface area contributed by atoms with Gasteiger partial charge in [0.05, 0.1) is 5.52 Å². The number of hydrogen-bond donors (Lipinski definition) is 2. The molecule has 0 atom stereocenters. The first-order valence-electron chi connectivity index (χ1n) is 9.04. The van der Waals surface area contributed by atoms with Crippen LogP contribution in [-0.2, 0) is 13.2 Å². The Morgan fingerprint density at radius 2 is 1.96 bits per heavy atom. The molecule has 6 heteroatoms. The van der Waals surface area contributed by atoms with E-state index in [2.05, 4.69) is 20.5 Å². The maximum absolute atomic E-state index is 12.6. The fraction of sp³-hybridized carbons (Fsp3) is 0.136. The topological polar surface area (TPSA) is 79.9 Å². The third-order valence-electron chi connectivity index (χ3n) is 4.44. The van der Waals surface area contributed by atoms with Crippen molar-refractivity contribution >= 4 is 16.8 Å². The maximum Gasteiger partial charge on any atom is 0.272 e. The lowest BCUT2D eigenvalue weighted by molar-refractivity contribution is 0.0947. The molecule has 0 fully saturated rings. The summed E-state index contributed by atoms with van der Waals surface area (Å²) in [6, 6.07) is 19.5. The molecule has 1 amide bonds. The minimum absolute atomic E-state index is 0.241. The Balaban J connectivity index is 1.46. The van der Waals surface area contributed by atoms with Gasteiger partial charge in [-0.25, -0.2) is 4.98 Å². The maximum atomic E-state index is 12.6. The number of carbonyl (C=O) groups is 1. The first-order chi connectivity index (χ1) is 13.7. The van der Waals surface area contributed by atoms with E-state index in [-0.39, 0.29) is 5.91 Å². The number of fused-ring (bicyclic) bond motifs is 1. The van der Waals surface area contributed by atoms with Gasteiger partial charge in [-0.2, -0.15) is 5.10 Å². The molecule has 0 aliphatic heterocycles. The molecule has 4 aromatic rings. The molecule has 0 aliphatic rings. The zero-order valence-corrected chi connectivity index (χ0v) is 15.5. The van der Waals surface area contributed by atoms with Crippen LogP contribution >= 0.6 is 0 Å². The summed E-state index contributed by atoms with van der Waals surface area (Å²) in [5.41, 5.74) is 4.16. The number of aromatic amines is 1. The van der Waals surface area contributed by atoms with Gasteiger partial charge in [0.25, 0.3) is 5.91 Å². The van der Waals surface area contributed by atoms with Gasteiger partial charge in [0.1, 0.15) is 6.61 Å². The third kappa shape index (κ3) is 3.86. The SMILES string of the molecule is Cc1ccc2[nH]nc(C(=O)NCc3cccnc3OCc3ccccc3)c2c1. The molecular formula is C22H20N4O2. The molecule has 0 saturated heterocycles. The zero-order chi connectivity index (χ0) is 19.3. The summed E-state index contributed by atoms with van der Waals surface area (Å²) in [6.45, 7) is 2.71. The van der Waals surface area contributed by atoms with E-state index >= 15 is 0 Å². The summed E-state index contributed by atoms with van der Waals surface area (Å²) in [7, 11) is 0. The number of amides is 1. The van der Waals surface area contributed by atoms with Crippen LogP contribution in [0.3, 0.4) is 0 Å². The molecule has 2 heterocycles. The van der Waals surface area contributed by atoms with Gasteiger partial charge in [0, 0.05) is 23.7 Å². The van der Waals surface area contributed by atoms with Crippen LogP contribution in [0.5, 0.6) is 5.88 Å². The number of pyridine rings is 1. The van der Waals surface area contributed by atoms with Gasteiger partial charge in [-0.3, -0.25) is 9.89 Å². The predicted molar refractivity (Wildman–Crippen MR) is 107 cm³/mol. The van der Waals surface area contributed by atoms with Gasteiger partial charge in [-0.1, -0.05) is 48.0 Å². The molecule has 140 valence electrons. The minimum atomic E-state index is -0.241. The molecule has 2 aromatic carbocycles. The Morgan fingerprint density at radius 1 is 1.11 bits per heavy atom. The highest BCUT2D eigenvalue weighted by Crippen LogP contribution is 2.19.